The number of nitrogens with zero attached hydrogens (tertiary/aromatic N) is 1. The largest absolute Gasteiger partial charge is 0.464 e. The highest BCUT2D eigenvalue weighted by molar-refractivity contribution is 5.75. The zero-order valence-corrected chi connectivity index (χ0v) is 10.6. The average molecular weight is 269 g/mol. The predicted molar refractivity (Wildman–Crippen MR) is 65.4 cm³/mol. The SMILES string of the molecule is CCOC(=O)C(O)C(O)c1c(C)cccc1[N+](=O)[O-]. The maximum Gasteiger partial charge on any atom is 0.338 e. The number of ether oxygens (including phenoxy) is 1. The lowest BCUT2D eigenvalue weighted by Crippen LogP contribution is -2.30. The van der Waals surface area contributed by atoms with Gasteiger partial charge >= 0.3 is 5.97 Å². The molecule has 0 bridgehead atoms. The van der Waals surface area contributed by atoms with Gasteiger partial charge < -0.3 is 14.9 Å². The Labute approximate surface area is 109 Å². The van der Waals surface area contributed by atoms with E-state index in [1.807, 2.05) is 0 Å². The van der Waals surface area contributed by atoms with Gasteiger partial charge in [0, 0.05) is 6.07 Å². The van der Waals surface area contributed by atoms with Crippen LogP contribution in [-0.4, -0.2) is 33.8 Å². The zero-order valence-electron chi connectivity index (χ0n) is 10.6. The fourth-order valence-electron chi connectivity index (χ4n) is 1.72. The Bertz CT molecular complexity index is 487. The van der Waals surface area contributed by atoms with Crippen LogP contribution in [0.3, 0.4) is 0 Å². The molecule has 0 spiro atoms. The lowest BCUT2D eigenvalue weighted by molar-refractivity contribution is -0.386. The van der Waals surface area contributed by atoms with E-state index in [0.29, 0.717) is 5.56 Å². The molecule has 0 radical (unpaired) electrons. The van der Waals surface area contributed by atoms with Crippen molar-refractivity contribution >= 4 is 11.7 Å². The smallest absolute Gasteiger partial charge is 0.338 e. The Morgan fingerprint density at radius 1 is 1.47 bits per heavy atom. The molecule has 0 aliphatic rings. The van der Waals surface area contributed by atoms with Gasteiger partial charge in [-0.2, -0.15) is 0 Å². The van der Waals surface area contributed by atoms with Gasteiger partial charge in [-0.1, -0.05) is 12.1 Å². The van der Waals surface area contributed by atoms with E-state index in [1.165, 1.54) is 12.1 Å². The molecule has 0 saturated carbocycles. The topological polar surface area (TPSA) is 110 Å². The number of nitro benzene ring substituents is 1. The Morgan fingerprint density at radius 2 is 2.11 bits per heavy atom. The second kappa shape index (κ2) is 6.26. The van der Waals surface area contributed by atoms with Crippen molar-refractivity contribution in [3.8, 4) is 0 Å². The van der Waals surface area contributed by atoms with E-state index in [1.54, 1.807) is 19.9 Å². The van der Waals surface area contributed by atoms with Gasteiger partial charge in [0.1, 0.15) is 6.10 Å². The van der Waals surface area contributed by atoms with E-state index in [9.17, 15) is 25.1 Å². The molecular weight excluding hydrogens is 254 g/mol. The number of hydrogen-bond acceptors (Lipinski definition) is 6. The summed E-state index contributed by atoms with van der Waals surface area (Å²) < 4.78 is 4.57. The molecule has 0 fully saturated rings. The van der Waals surface area contributed by atoms with Crippen molar-refractivity contribution in [2.75, 3.05) is 6.61 Å². The van der Waals surface area contributed by atoms with Gasteiger partial charge in [0.2, 0.25) is 0 Å². The van der Waals surface area contributed by atoms with Crippen molar-refractivity contribution in [3.05, 3.63) is 39.4 Å². The number of hydrogen-bond donors (Lipinski definition) is 2. The maximum absolute atomic E-state index is 11.3. The number of aryl methyl sites for hydroxylation is 1. The van der Waals surface area contributed by atoms with Gasteiger partial charge in [0.25, 0.3) is 5.69 Å². The Hall–Kier alpha value is -1.99. The van der Waals surface area contributed by atoms with E-state index < -0.39 is 23.1 Å². The molecule has 0 heterocycles. The second-order valence-electron chi connectivity index (χ2n) is 3.91. The summed E-state index contributed by atoms with van der Waals surface area (Å²) in [5.41, 5.74) is -0.0334. The molecule has 104 valence electrons. The standard InChI is InChI=1S/C12H15NO6/c1-3-19-12(16)11(15)10(14)9-7(2)5-4-6-8(9)13(17)18/h4-6,10-11,14-15H,3H2,1-2H3. The summed E-state index contributed by atoms with van der Waals surface area (Å²) in [6, 6.07) is 4.20. The van der Waals surface area contributed by atoms with Crippen LogP contribution in [0.15, 0.2) is 18.2 Å². The number of nitro groups is 1. The third-order valence-corrected chi connectivity index (χ3v) is 2.62. The summed E-state index contributed by atoms with van der Waals surface area (Å²) in [4.78, 5) is 21.6. The third-order valence-electron chi connectivity index (χ3n) is 2.62. The first-order valence-corrected chi connectivity index (χ1v) is 5.66. The first-order valence-electron chi connectivity index (χ1n) is 5.66. The van der Waals surface area contributed by atoms with Crippen LogP contribution in [-0.2, 0) is 9.53 Å². The Kier molecular flexibility index (Phi) is 4.96. The van der Waals surface area contributed by atoms with Crippen LogP contribution in [0.4, 0.5) is 5.69 Å². The minimum atomic E-state index is -1.86. The number of carbonyl (C=O) groups excluding carboxylic acids is 1. The summed E-state index contributed by atoms with van der Waals surface area (Å²) in [6.45, 7) is 3.13. The van der Waals surface area contributed by atoms with E-state index in [2.05, 4.69) is 4.74 Å². The highest BCUT2D eigenvalue weighted by atomic mass is 16.6. The molecule has 7 nitrogen and oxygen atoms in total. The number of benzene rings is 1. The normalized spacial score (nSPS) is 13.7. The highest BCUT2D eigenvalue weighted by Gasteiger charge is 2.32. The number of aliphatic hydroxyl groups is 2. The van der Waals surface area contributed by atoms with Crippen LogP contribution in [0, 0.1) is 17.0 Å². The van der Waals surface area contributed by atoms with Gasteiger partial charge in [-0.3, -0.25) is 10.1 Å². The molecule has 1 rings (SSSR count). The van der Waals surface area contributed by atoms with Crippen molar-refractivity contribution in [1.82, 2.24) is 0 Å². The van der Waals surface area contributed by atoms with Gasteiger partial charge in [0.05, 0.1) is 17.1 Å². The quantitative estimate of drug-likeness (QED) is 0.466. The van der Waals surface area contributed by atoms with E-state index in [0.717, 1.165) is 0 Å². The van der Waals surface area contributed by atoms with E-state index in [-0.39, 0.29) is 17.9 Å². The summed E-state index contributed by atoms with van der Waals surface area (Å²) in [6.07, 6.45) is -3.57. The van der Waals surface area contributed by atoms with Crippen molar-refractivity contribution in [1.29, 1.82) is 0 Å². The molecule has 2 atom stereocenters. The van der Waals surface area contributed by atoms with Crippen molar-refractivity contribution < 1.29 is 24.7 Å². The highest BCUT2D eigenvalue weighted by Crippen LogP contribution is 2.30. The molecule has 0 saturated heterocycles. The lowest BCUT2D eigenvalue weighted by atomic mass is 9.97. The average Bonchev–Trinajstić information content (AvgIpc) is 2.36. The minimum absolute atomic E-state index is 0.0402. The number of rotatable bonds is 5. The number of aliphatic hydroxyl groups excluding tert-OH is 2. The first-order chi connectivity index (χ1) is 8.90. The Balaban J connectivity index is 3.15. The van der Waals surface area contributed by atoms with Gasteiger partial charge in [-0.25, -0.2) is 4.79 Å². The molecule has 2 N–H and O–H groups in total. The molecule has 0 aromatic heterocycles. The molecule has 0 aliphatic carbocycles. The molecule has 0 amide bonds. The summed E-state index contributed by atoms with van der Waals surface area (Å²) >= 11 is 0. The van der Waals surface area contributed by atoms with Gasteiger partial charge in [-0.05, 0) is 19.4 Å². The van der Waals surface area contributed by atoms with Crippen molar-refractivity contribution in [2.24, 2.45) is 0 Å². The Morgan fingerprint density at radius 3 is 2.63 bits per heavy atom. The molecule has 0 aliphatic heterocycles. The fourth-order valence-corrected chi connectivity index (χ4v) is 1.72. The second-order valence-corrected chi connectivity index (χ2v) is 3.91. The van der Waals surface area contributed by atoms with Crippen molar-refractivity contribution in [3.63, 3.8) is 0 Å². The monoisotopic (exact) mass is 269 g/mol. The van der Waals surface area contributed by atoms with Crippen LogP contribution in [0.1, 0.15) is 24.2 Å². The van der Waals surface area contributed by atoms with Crippen LogP contribution in [0.5, 0.6) is 0 Å². The van der Waals surface area contributed by atoms with Gasteiger partial charge in [-0.15, -0.1) is 0 Å². The molecule has 1 aromatic rings. The number of carbonyl (C=O) groups is 1. The fraction of sp³-hybridized carbons (Fsp3) is 0.417. The summed E-state index contributed by atoms with van der Waals surface area (Å²) in [5.74, 6) is -1.02. The van der Waals surface area contributed by atoms with Crippen LogP contribution in [0.25, 0.3) is 0 Å². The van der Waals surface area contributed by atoms with Crippen LogP contribution in [0.2, 0.25) is 0 Å². The summed E-state index contributed by atoms with van der Waals surface area (Å²) in [7, 11) is 0. The molecular formula is C12H15NO6. The molecule has 7 heteroatoms. The van der Waals surface area contributed by atoms with Crippen LogP contribution >= 0.6 is 0 Å². The van der Waals surface area contributed by atoms with E-state index >= 15 is 0 Å². The molecule has 1 aromatic carbocycles. The minimum Gasteiger partial charge on any atom is -0.464 e. The van der Waals surface area contributed by atoms with Crippen molar-refractivity contribution in [2.45, 2.75) is 26.1 Å². The summed E-state index contributed by atoms with van der Waals surface area (Å²) in [5, 5.41) is 30.5. The first kappa shape index (κ1) is 15.1. The third kappa shape index (κ3) is 3.27. The molecule has 2 unspecified atom stereocenters. The predicted octanol–water partition coefficient (Wildman–Crippen LogP) is 0.861. The van der Waals surface area contributed by atoms with Gasteiger partial charge in [0.15, 0.2) is 6.10 Å². The zero-order chi connectivity index (χ0) is 14.6. The maximum atomic E-state index is 11.3. The molecule has 19 heavy (non-hydrogen) atoms. The number of esters is 1. The van der Waals surface area contributed by atoms with Crippen LogP contribution < -0.4 is 0 Å². The van der Waals surface area contributed by atoms with E-state index in [4.69, 9.17) is 0 Å². The lowest BCUT2D eigenvalue weighted by Gasteiger charge is -2.18.